The minimum Gasteiger partial charge on any atom is -0.150 e. The van der Waals surface area contributed by atoms with Gasteiger partial charge in [0.2, 0.25) is 0 Å². The van der Waals surface area contributed by atoms with Gasteiger partial charge in [-0.05, 0) is 36.7 Å². The van der Waals surface area contributed by atoms with Gasteiger partial charge in [0.15, 0.2) is 0 Å². The predicted molar refractivity (Wildman–Crippen MR) is 58.4 cm³/mol. The largest absolute Gasteiger partial charge is 0.150 e. The van der Waals surface area contributed by atoms with Crippen molar-refractivity contribution in [2.45, 2.75) is 20.8 Å². The number of thiophene rings is 1. The summed E-state index contributed by atoms with van der Waals surface area (Å²) in [6, 6.07) is 0. The predicted octanol–water partition coefficient (Wildman–Crippen LogP) is 3.91. The van der Waals surface area contributed by atoms with Gasteiger partial charge in [-0.25, -0.2) is 0 Å². The Bertz CT molecular complexity index is 320. The van der Waals surface area contributed by atoms with Crippen LogP contribution in [0.15, 0.2) is 15.2 Å². The third-order valence-electron chi connectivity index (χ3n) is 1.19. The Hall–Kier alpha value is -0.260. The molecule has 0 aromatic carbocycles. The van der Waals surface area contributed by atoms with Crippen molar-refractivity contribution in [3.8, 4) is 11.8 Å². The van der Waals surface area contributed by atoms with Gasteiger partial charge in [-0.3, -0.25) is 0 Å². The van der Waals surface area contributed by atoms with E-state index in [0.29, 0.717) is 0 Å². The Kier molecular flexibility index (Phi) is 2.98. The Balaban J connectivity index is 2.87. The van der Waals surface area contributed by atoms with E-state index in [4.69, 9.17) is 0 Å². The molecule has 1 rings (SSSR count). The molecular weight excluding hydrogens is 232 g/mol. The smallest absolute Gasteiger partial charge is 0.0494 e. The average molecular weight is 243 g/mol. The molecule has 2 heteroatoms. The molecule has 0 aliphatic rings. The van der Waals surface area contributed by atoms with Crippen LogP contribution in [0.3, 0.4) is 0 Å². The topological polar surface area (TPSA) is 0 Å². The maximum atomic E-state index is 3.44. The first kappa shape index (κ1) is 9.83. The Morgan fingerprint density at radius 1 is 1.33 bits per heavy atom. The average Bonchev–Trinajstić information content (AvgIpc) is 2.29. The zero-order valence-corrected chi connectivity index (χ0v) is 9.84. The summed E-state index contributed by atoms with van der Waals surface area (Å²) >= 11 is 5.11. The first-order valence-corrected chi connectivity index (χ1v) is 5.47. The zero-order valence-electron chi connectivity index (χ0n) is 7.44. The molecule has 0 aliphatic carbocycles. The van der Waals surface area contributed by atoms with Gasteiger partial charge in [0.1, 0.15) is 0 Å². The summed E-state index contributed by atoms with van der Waals surface area (Å²) in [6.45, 7) is 6.33. The summed E-state index contributed by atoms with van der Waals surface area (Å²) in [6.07, 6.45) is 0. The van der Waals surface area contributed by atoms with Gasteiger partial charge >= 0.3 is 0 Å². The highest BCUT2D eigenvalue weighted by Gasteiger charge is 2.04. The van der Waals surface area contributed by atoms with E-state index in [1.165, 1.54) is 0 Å². The van der Waals surface area contributed by atoms with Crippen LogP contribution in [-0.2, 0) is 0 Å². The van der Waals surface area contributed by atoms with Crippen LogP contribution in [0.5, 0.6) is 0 Å². The maximum Gasteiger partial charge on any atom is 0.0494 e. The Morgan fingerprint density at radius 2 is 2.00 bits per heavy atom. The standard InChI is InChI=1S/C10H11BrS/c1-10(2,3)5-4-8-6-12-7-9(8)11/h6-7H,1-3H3. The molecule has 0 atom stereocenters. The number of rotatable bonds is 0. The van der Waals surface area contributed by atoms with Crippen LogP contribution in [0.4, 0.5) is 0 Å². The van der Waals surface area contributed by atoms with Gasteiger partial charge < -0.3 is 0 Å². The van der Waals surface area contributed by atoms with Crippen molar-refractivity contribution in [1.29, 1.82) is 0 Å². The lowest BCUT2D eigenvalue weighted by Gasteiger charge is -2.06. The summed E-state index contributed by atoms with van der Waals surface area (Å²) in [7, 11) is 0. The molecule has 1 aromatic rings. The molecule has 64 valence electrons. The molecule has 1 heterocycles. The molecule has 0 aliphatic heterocycles. The second-order valence-electron chi connectivity index (χ2n) is 3.63. The van der Waals surface area contributed by atoms with Crippen LogP contribution >= 0.6 is 27.3 Å². The van der Waals surface area contributed by atoms with Gasteiger partial charge in [-0.15, -0.1) is 11.3 Å². The molecule has 0 N–H and O–H groups in total. The third kappa shape index (κ3) is 3.00. The summed E-state index contributed by atoms with van der Waals surface area (Å²) < 4.78 is 1.10. The molecular formula is C10H11BrS. The first-order valence-electron chi connectivity index (χ1n) is 3.74. The molecule has 1 aromatic heterocycles. The van der Waals surface area contributed by atoms with E-state index in [2.05, 4.69) is 53.9 Å². The van der Waals surface area contributed by atoms with E-state index < -0.39 is 0 Å². The van der Waals surface area contributed by atoms with Crippen LogP contribution in [0.25, 0.3) is 0 Å². The molecule has 0 nitrogen and oxygen atoms in total. The van der Waals surface area contributed by atoms with Crippen molar-refractivity contribution in [3.05, 3.63) is 20.8 Å². The van der Waals surface area contributed by atoms with Gasteiger partial charge in [-0.1, -0.05) is 11.8 Å². The van der Waals surface area contributed by atoms with E-state index in [1.807, 2.05) is 5.38 Å². The number of hydrogen-bond donors (Lipinski definition) is 0. The summed E-state index contributed by atoms with van der Waals surface area (Å²) in [5.74, 6) is 6.34. The highest BCUT2D eigenvalue weighted by Crippen LogP contribution is 2.20. The lowest BCUT2D eigenvalue weighted by Crippen LogP contribution is -1.99. The number of halogens is 1. The molecule has 0 amide bonds. The Morgan fingerprint density at radius 3 is 2.42 bits per heavy atom. The fraction of sp³-hybridized carbons (Fsp3) is 0.400. The first-order chi connectivity index (χ1) is 5.49. The van der Waals surface area contributed by atoms with E-state index >= 15 is 0 Å². The minimum atomic E-state index is 0.0847. The highest BCUT2D eigenvalue weighted by atomic mass is 79.9. The second-order valence-corrected chi connectivity index (χ2v) is 5.23. The van der Waals surface area contributed by atoms with Gasteiger partial charge in [0.05, 0.1) is 0 Å². The molecule has 0 radical (unpaired) electrons. The van der Waals surface area contributed by atoms with E-state index in [-0.39, 0.29) is 5.41 Å². The van der Waals surface area contributed by atoms with Crippen molar-refractivity contribution < 1.29 is 0 Å². The van der Waals surface area contributed by atoms with E-state index in [0.717, 1.165) is 10.0 Å². The monoisotopic (exact) mass is 242 g/mol. The van der Waals surface area contributed by atoms with E-state index in [9.17, 15) is 0 Å². The quantitative estimate of drug-likeness (QED) is 0.606. The summed E-state index contributed by atoms with van der Waals surface area (Å²) in [4.78, 5) is 0. The van der Waals surface area contributed by atoms with Crippen molar-refractivity contribution in [3.63, 3.8) is 0 Å². The van der Waals surface area contributed by atoms with Crippen molar-refractivity contribution >= 4 is 27.3 Å². The summed E-state index contributed by atoms with van der Waals surface area (Å²) in [5, 5.41) is 4.11. The van der Waals surface area contributed by atoms with Crippen LogP contribution < -0.4 is 0 Å². The molecule has 0 saturated carbocycles. The zero-order chi connectivity index (χ0) is 9.19. The molecule has 12 heavy (non-hydrogen) atoms. The lowest BCUT2D eigenvalue weighted by atomic mass is 9.98. The molecule has 0 spiro atoms. The molecule has 0 bridgehead atoms. The van der Waals surface area contributed by atoms with Gasteiger partial charge in [-0.2, -0.15) is 0 Å². The van der Waals surface area contributed by atoms with Crippen LogP contribution in [0.2, 0.25) is 0 Å². The van der Waals surface area contributed by atoms with Crippen molar-refractivity contribution in [1.82, 2.24) is 0 Å². The fourth-order valence-electron chi connectivity index (χ4n) is 0.626. The third-order valence-corrected chi connectivity index (χ3v) is 2.89. The SMILES string of the molecule is CC(C)(C)C#Cc1cscc1Br. The van der Waals surface area contributed by atoms with E-state index in [1.54, 1.807) is 11.3 Å². The highest BCUT2D eigenvalue weighted by molar-refractivity contribution is 9.10. The minimum absolute atomic E-state index is 0.0847. The van der Waals surface area contributed by atoms with Crippen LogP contribution in [0, 0.1) is 17.3 Å². The fourth-order valence-corrected chi connectivity index (χ4v) is 1.95. The lowest BCUT2D eigenvalue weighted by molar-refractivity contribution is 0.571. The van der Waals surface area contributed by atoms with Gasteiger partial charge in [0.25, 0.3) is 0 Å². The van der Waals surface area contributed by atoms with Gasteiger partial charge in [0, 0.05) is 26.2 Å². The van der Waals surface area contributed by atoms with Crippen molar-refractivity contribution in [2.75, 3.05) is 0 Å². The Labute approximate surface area is 86.1 Å². The molecule has 0 unspecified atom stereocenters. The second kappa shape index (κ2) is 3.64. The molecule has 0 fully saturated rings. The maximum absolute atomic E-state index is 3.44. The summed E-state index contributed by atoms with van der Waals surface area (Å²) in [5.41, 5.74) is 1.18. The molecule has 0 saturated heterocycles. The normalized spacial score (nSPS) is 10.7. The number of hydrogen-bond acceptors (Lipinski definition) is 1. The van der Waals surface area contributed by atoms with Crippen LogP contribution in [0.1, 0.15) is 26.3 Å². The van der Waals surface area contributed by atoms with Crippen LogP contribution in [-0.4, -0.2) is 0 Å². The van der Waals surface area contributed by atoms with Crippen molar-refractivity contribution in [2.24, 2.45) is 5.41 Å².